The third-order valence-corrected chi connectivity index (χ3v) is 2.94. The average Bonchev–Trinajstić information content (AvgIpc) is 3.12. The molecular weight excluding hydrogens is 258 g/mol. The fourth-order valence-electron chi connectivity index (χ4n) is 1.49. The number of hydrogen-bond acceptors (Lipinski definition) is 3. The lowest BCUT2D eigenvalue weighted by atomic mass is 10.2. The summed E-state index contributed by atoms with van der Waals surface area (Å²) in [6, 6.07) is 2.82. The van der Waals surface area contributed by atoms with Crippen LogP contribution in [0.25, 0.3) is 0 Å². The molecule has 0 radical (unpaired) electrons. The van der Waals surface area contributed by atoms with E-state index in [0.29, 0.717) is 29.6 Å². The van der Waals surface area contributed by atoms with Crippen molar-refractivity contribution in [1.82, 2.24) is 0 Å². The van der Waals surface area contributed by atoms with Crippen LogP contribution in [0.1, 0.15) is 23.2 Å². The zero-order valence-electron chi connectivity index (χ0n) is 9.48. The molecule has 1 amide bonds. The van der Waals surface area contributed by atoms with Gasteiger partial charge in [-0.1, -0.05) is 11.6 Å². The van der Waals surface area contributed by atoms with Crippen LogP contribution in [0, 0.1) is 5.92 Å². The molecule has 96 valence electrons. The first-order valence-electron chi connectivity index (χ1n) is 5.51. The van der Waals surface area contributed by atoms with Gasteiger partial charge in [0.15, 0.2) is 6.29 Å². The Balaban J connectivity index is 2.21. The van der Waals surface area contributed by atoms with Crippen LogP contribution in [-0.4, -0.2) is 24.1 Å². The number of rotatable bonds is 5. The number of carbonyl (C=O) groups excluding carboxylic acids is 1. The van der Waals surface area contributed by atoms with Crippen LogP contribution in [0.3, 0.4) is 0 Å². The van der Waals surface area contributed by atoms with Crippen molar-refractivity contribution >= 4 is 29.7 Å². The van der Waals surface area contributed by atoms with Crippen LogP contribution in [0.5, 0.6) is 5.75 Å². The Labute approximate surface area is 109 Å². The summed E-state index contributed by atoms with van der Waals surface area (Å²) in [6.45, 7) is 0.562. The largest absolute Gasteiger partial charge is 0.492 e. The fourth-order valence-corrected chi connectivity index (χ4v) is 1.72. The summed E-state index contributed by atoms with van der Waals surface area (Å²) >= 11 is 5.96. The number of aldehydes is 1. The Morgan fingerprint density at radius 2 is 2.28 bits per heavy atom. The number of ether oxygens (including phenoxy) is 1. The van der Waals surface area contributed by atoms with E-state index in [1.54, 1.807) is 0 Å². The molecule has 0 heterocycles. The van der Waals surface area contributed by atoms with E-state index in [4.69, 9.17) is 21.4 Å². The van der Waals surface area contributed by atoms with E-state index in [1.165, 1.54) is 12.1 Å². The molecule has 0 aliphatic heterocycles. The number of hydrogen-bond donors (Lipinski definition) is 2. The molecule has 1 aliphatic carbocycles. The standard InChI is InChI=1S/C12H12ClNO4/c13-9-3-8(5-15)10(14-12(16)17)4-11(9)18-6-7-1-2-7/h3-5,7,14H,1-2,6H2,(H,16,17). The van der Waals surface area contributed by atoms with Gasteiger partial charge in [-0.05, 0) is 24.8 Å². The predicted octanol–water partition coefficient (Wildman–Crippen LogP) is 3.03. The molecular formula is C12H12ClNO4. The predicted molar refractivity (Wildman–Crippen MR) is 66.7 cm³/mol. The maximum Gasteiger partial charge on any atom is 0.409 e. The van der Waals surface area contributed by atoms with Crippen molar-refractivity contribution in [3.8, 4) is 5.75 Å². The monoisotopic (exact) mass is 269 g/mol. The first-order valence-corrected chi connectivity index (χ1v) is 5.89. The highest BCUT2D eigenvalue weighted by Crippen LogP contribution is 2.34. The van der Waals surface area contributed by atoms with Crippen molar-refractivity contribution in [1.29, 1.82) is 0 Å². The molecule has 2 N–H and O–H groups in total. The Kier molecular flexibility index (Phi) is 3.72. The molecule has 18 heavy (non-hydrogen) atoms. The van der Waals surface area contributed by atoms with E-state index in [2.05, 4.69) is 5.32 Å². The Morgan fingerprint density at radius 3 is 2.83 bits per heavy atom. The minimum absolute atomic E-state index is 0.174. The van der Waals surface area contributed by atoms with Crippen molar-refractivity contribution in [3.63, 3.8) is 0 Å². The van der Waals surface area contributed by atoms with E-state index in [-0.39, 0.29) is 11.3 Å². The number of anilines is 1. The number of carboxylic acid groups (broad SMARTS) is 1. The Morgan fingerprint density at radius 1 is 1.56 bits per heavy atom. The van der Waals surface area contributed by atoms with E-state index >= 15 is 0 Å². The summed E-state index contributed by atoms with van der Waals surface area (Å²) in [5.74, 6) is 0.945. The first kappa shape index (κ1) is 12.7. The summed E-state index contributed by atoms with van der Waals surface area (Å²) in [5.41, 5.74) is 0.355. The van der Waals surface area contributed by atoms with Crippen LogP contribution < -0.4 is 10.1 Å². The third-order valence-electron chi connectivity index (χ3n) is 2.64. The number of benzene rings is 1. The lowest BCUT2D eigenvalue weighted by Crippen LogP contribution is -2.10. The number of nitrogens with one attached hydrogen (secondary N) is 1. The van der Waals surface area contributed by atoms with Gasteiger partial charge in [0.1, 0.15) is 5.75 Å². The van der Waals surface area contributed by atoms with E-state index in [1.807, 2.05) is 0 Å². The van der Waals surface area contributed by atoms with Gasteiger partial charge in [-0.25, -0.2) is 4.79 Å². The minimum Gasteiger partial charge on any atom is -0.492 e. The molecule has 1 aromatic rings. The van der Waals surface area contributed by atoms with Crippen molar-refractivity contribution in [2.75, 3.05) is 11.9 Å². The molecule has 5 nitrogen and oxygen atoms in total. The topological polar surface area (TPSA) is 75.6 Å². The molecule has 1 fully saturated rings. The highest BCUT2D eigenvalue weighted by Gasteiger charge is 2.22. The van der Waals surface area contributed by atoms with Gasteiger partial charge < -0.3 is 9.84 Å². The van der Waals surface area contributed by atoms with Crippen LogP contribution >= 0.6 is 11.6 Å². The fraction of sp³-hybridized carbons (Fsp3) is 0.333. The van der Waals surface area contributed by atoms with Crippen molar-refractivity contribution in [2.45, 2.75) is 12.8 Å². The Bertz CT molecular complexity index is 485. The molecule has 0 saturated heterocycles. The highest BCUT2D eigenvalue weighted by atomic mass is 35.5. The molecule has 1 aromatic carbocycles. The second-order valence-corrected chi connectivity index (χ2v) is 4.58. The lowest BCUT2D eigenvalue weighted by molar-refractivity contribution is 0.112. The van der Waals surface area contributed by atoms with Gasteiger partial charge in [0.2, 0.25) is 0 Å². The molecule has 2 rings (SSSR count). The van der Waals surface area contributed by atoms with E-state index in [0.717, 1.165) is 12.8 Å². The van der Waals surface area contributed by atoms with Crippen LogP contribution in [-0.2, 0) is 0 Å². The van der Waals surface area contributed by atoms with Crippen LogP contribution in [0.4, 0.5) is 10.5 Å². The summed E-state index contributed by atoms with van der Waals surface area (Å²) in [6.07, 6.45) is 1.59. The first-order chi connectivity index (χ1) is 8.60. The van der Waals surface area contributed by atoms with Gasteiger partial charge >= 0.3 is 6.09 Å². The third kappa shape index (κ3) is 3.13. The molecule has 6 heteroatoms. The van der Waals surface area contributed by atoms with Gasteiger partial charge in [0, 0.05) is 11.6 Å². The van der Waals surface area contributed by atoms with Crippen LogP contribution in [0.15, 0.2) is 12.1 Å². The Hall–Kier alpha value is -1.75. The van der Waals surface area contributed by atoms with Crippen molar-refractivity contribution < 1.29 is 19.4 Å². The zero-order chi connectivity index (χ0) is 13.1. The maximum absolute atomic E-state index is 10.8. The van der Waals surface area contributed by atoms with Crippen molar-refractivity contribution in [2.24, 2.45) is 5.92 Å². The van der Waals surface area contributed by atoms with Gasteiger partial charge in [-0.2, -0.15) is 0 Å². The summed E-state index contributed by atoms with van der Waals surface area (Å²) in [5, 5.41) is 11.1. The molecule has 0 spiro atoms. The van der Waals surface area contributed by atoms with Crippen molar-refractivity contribution in [3.05, 3.63) is 22.7 Å². The SMILES string of the molecule is O=Cc1cc(Cl)c(OCC2CC2)cc1NC(=O)O. The number of carbonyl (C=O) groups is 2. The highest BCUT2D eigenvalue weighted by molar-refractivity contribution is 6.32. The summed E-state index contributed by atoms with van der Waals surface area (Å²) in [4.78, 5) is 21.4. The molecule has 0 bridgehead atoms. The van der Waals surface area contributed by atoms with E-state index in [9.17, 15) is 9.59 Å². The van der Waals surface area contributed by atoms with Gasteiger partial charge in [0.05, 0.1) is 17.3 Å². The molecule has 1 saturated carbocycles. The summed E-state index contributed by atoms with van der Waals surface area (Å²) in [7, 11) is 0. The smallest absolute Gasteiger partial charge is 0.409 e. The van der Waals surface area contributed by atoms with Gasteiger partial charge in [-0.15, -0.1) is 0 Å². The molecule has 0 unspecified atom stereocenters. The molecule has 0 aromatic heterocycles. The summed E-state index contributed by atoms with van der Waals surface area (Å²) < 4.78 is 5.50. The second-order valence-electron chi connectivity index (χ2n) is 4.17. The van der Waals surface area contributed by atoms with Crippen LogP contribution in [0.2, 0.25) is 5.02 Å². The second kappa shape index (κ2) is 5.27. The minimum atomic E-state index is -1.24. The van der Waals surface area contributed by atoms with Gasteiger partial charge in [-0.3, -0.25) is 10.1 Å². The zero-order valence-corrected chi connectivity index (χ0v) is 10.2. The lowest BCUT2D eigenvalue weighted by Gasteiger charge is -2.11. The average molecular weight is 270 g/mol. The quantitative estimate of drug-likeness (QED) is 0.806. The maximum atomic E-state index is 10.8. The van der Waals surface area contributed by atoms with E-state index < -0.39 is 6.09 Å². The normalized spacial score (nSPS) is 14.1. The van der Waals surface area contributed by atoms with Gasteiger partial charge in [0.25, 0.3) is 0 Å². The molecule has 1 aliphatic rings. The number of halogens is 1. The number of amides is 1. The molecule has 0 atom stereocenters.